The number of rotatable bonds is 1. The molecule has 0 aliphatic carbocycles. The zero-order chi connectivity index (χ0) is 13.4. The number of ether oxygens (including phenoxy) is 2. The lowest BCUT2D eigenvalue weighted by atomic mass is 10.1. The van der Waals surface area contributed by atoms with Crippen LogP contribution in [0.3, 0.4) is 0 Å². The monoisotopic (exact) mass is 263 g/mol. The fourth-order valence-corrected chi connectivity index (χ4v) is 2.01. The van der Waals surface area contributed by atoms with Crippen LogP contribution < -0.4 is 15.2 Å². The second kappa shape index (κ2) is 4.46. The molecular weight excluding hydrogens is 249 g/mol. The zero-order valence-electron chi connectivity index (χ0n) is 10.5. The van der Waals surface area contributed by atoms with Crippen molar-refractivity contribution in [2.75, 3.05) is 18.9 Å². The average Bonchev–Trinajstić information content (AvgIpc) is 2.62. The highest BCUT2D eigenvalue weighted by atomic mass is 19.1. The first kappa shape index (κ1) is 11.8. The van der Waals surface area contributed by atoms with Crippen LogP contribution in [0.1, 0.15) is 6.42 Å². The van der Waals surface area contributed by atoms with Crippen LogP contribution in [0.15, 0.2) is 18.2 Å². The Morgan fingerprint density at radius 3 is 2.84 bits per heavy atom. The van der Waals surface area contributed by atoms with E-state index in [2.05, 4.69) is 5.10 Å². The van der Waals surface area contributed by atoms with Crippen molar-refractivity contribution in [3.63, 3.8) is 0 Å². The number of aromatic nitrogens is 2. The molecule has 3 rings (SSSR count). The smallest absolute Gasteiger partial charge is 0.197 e. The lowest BCUT2D eigenvalue weighted by Gasteiger charge is -2.10. The van der Waals surface area contributed by atoms with Gasteiger partial charge in [0.15, 0.2) is 17.3 Å². The highest BCUT2D eigenvalue weighted by Gasteiger charge is 2.20. The predicted molar refractivity (Wildman–Crippen MR) is 68.6 cm³/mol. The van der Waals surface area contributed by atoms with Crippen LogP contribution in [0, 0.1) is 5.82 Å². The average molecular weight is 263 g/mol. The van der Waals surface area contributed by atoms with E-state index >= 15 is 0 Å². The Labute approximate surface area is 109 Å². The molecule has 2 N–H and O–H groups in total. The molecule has 0 fully saturated rings. The van der Waals surface area contributed by atoms with E-state index in [1.165, 1.54) is 4.68 Å². The Hall–Kier alpha value is -2.24. The molecule has 2 heterocycles. The lowest BCUT2D eigenvalue weighted by molar-refractivity contribution is 0.292. The molecule has 0 radical (unpaired) electrons. The molecule has 0 atom stereocenters. The molecule has 0 spiro atoms. The molecule has 1 aliphatic heterocycles. The molecule has 5 nitrogen and oxygen atoms in total. The van der Waals surface area contributed by atoms with Crippen LogP contribution in [-0.2, 0) is 7.05 Å². The molecule has 0 unspecified atom stereocenters. The van der Waals surface area contributed by atoms with Crippen molar-refractivity contribution >= 4 is 5.82 Å². The van der Waals surface area contributed by atoms with Gasteiger partial charge in [0.25, 0.3) is 0 Å². The molecule has 100 valence electrons. The Balaban J connectivity index is 2.10. The Morgan fingerprint density at radius 1 is 1.32 bits per heavy atom. The zero-order valence-corrected chi connectivity index (χ0v) is 10.5. The van der Waals surface area contributed by atoms with E-state index in [0.29, 0.717) is 36.0 Å². The van der Waals surface area contributed by atoms with Crippen LogP contribution in [0.2, 0.25) is 0 Å². The van der Waals surface area contributed by atoms with Gasteiger partial charge in [-0.25, -0.2) is 4.39 Å². The summed E-state index contributed by atoms with van der Waals surface area (Å²) in [5.41, 5.74) is 6.55. The van der Waals surface area contributed by atoms with Crippen molar-refractivity contribution < 1.29 is 13.9 Å². The van der Waals surface area contributed by atoms with Gasteiger partial charge in [-0.1, -0.05) is 0 Å². The largest absolute Gasteiger partial charge is 0.489 e. The number of benzene rings is 1. The van der Waals surface area contributed by atoms with E-state index < -0.39 is 5.82 Å². The summed E-state index contributed by atoms with van der Waals surface area (Å²) in [6.45, 7) is 0.972. The lowest BCUT2D eigenvalue weighted by Crippen LogP contribution is -1.99. The van der Waals surface area contributed by atoms with Gasteiger partial charge in [-0.3, -0.25) is 4.68 Å². The molecule has 0 saturated carbocycles. The van der Waals surface area contributed by atoms with Crippen LogP contribution in [0.25, 0.3) is 11.3 Å². The minimum atomic E-state index is -0.461. The van der Waals surface area contributed by atoms with Gasteiger partial charge in [0.2, 0.25) is 0 Å². The van der Waals surface area contributed by atoms with Crippen LogP contribution >= 0.6 is 0 Å². The highest BCUT2D eigenvalue weighted by Crippen LogP contribution is 2.38. The SMILES string of the molecule is Cn1nc(-c2ccc3c(c2F)OCCCO3)cc1N. The van der Waals surface area contributed by atoms with Crippen molar-refractivity contribution in [2.45, 2.75) is 6.42 Å². The van der Waals surface area contributed by atoms with Gasteiger partial charge in [-0.15, -0.1) is 0 Å². The van der Waals surface area contributed by atoms with E-state index in [-0.39, 0.29) is 5.75 Å². The summed E-state index contributed by atoms with van der Waals surface area (Å²) in [6, 6.07) is 4.96. The van der Waals surface area contributed by atoms with Crippen molar-refractivity contribution in [2.24, 2.45) is 7.05 Å². The molecule has 1 aromatic heterocycles. The summed E-state index contributed by atoms with van der Waals surface area (Å²) < 4.78 is 26.8. The molecule has 1 aliphatic rings. The number of nitrogens with zero attached hydrogens (tertiary/aromatic N) is 2. The maximum Gasteiger partial charge on any atom is 0.197 e. The topological polar surface area (TPSA) is 62.3 Å². The number of nitrogen functional groups attached to an aromatic ring is 1. The van der Waals surface area contributed by atoms with Crippen LogP contribution in [0.4, 0.5) is 10.2 Å². The fraction of sp³-hybridized carbons (Fsp3) is 0.308. The second-order valence-corrected chi connectivity index (χ2v) is 4.38. The third kappa shape index (κ3) is 1.99. The van der Waals surface area contributed by atoms with Crippen molar-refractivity contribution in [1.29, 1.82) is 0 Å². The van der Waals surface area contributed by atoms with E-state index in [0.717, 1.165) is 6.42 Å². The summed E-state index contributed by atoms with van der Waals surface area (Å²) in [7, 11) is 1.71. The van der Waals surface area contributed by atoms with E-state index in [1.807, 2.05) is 0 Å². The van der Waals surface area contributed by atoms with Gasteiger partial charge in [0.1, 0.15) is 5.82 Å². The summed E-state index contributed by atoms with van der Waals surface area (Å²) >= 11 is 0. The number of halogens is 1. The van der Waals surface area contributed by atoms with Crippen molar-refractivity contribution in [3.05, 3.63) is 24.0 Å². The van der Waals surface area contributed by atoms with Crippen molar-refractivity contribution in [1.82, 2.24) is 9.78 Å². The molecule has 0 amide bonds. The predicted octanol–water partition coefficient (Wildman–Crippen LogP) is 1.97. The molecule has 6 heteroatoms. The molecule has 0 bridgehead atoms. The summed E-state index contributed by atoms with van der Waals surface area (Å²) in [4.78, 5) is 0. The van der Waals surface area contributed by atoms with Gasteiger partial charge < -0.3 is 15.2 Å². The number of hydrogen-bond acceptors (Lipinski definition) is 4. The fourth-order valence-electron chi connectivity index (χ4n) is 2.01. The Bertz CT molecular complexity index is 605. The standard InChI is InChI=1S/C13H14FN3O2/c1-17-11(15)7-9(16-17)8-3-4-10-13(12(8)14)19-6-2-5-18-10/h3-4,7H,2,5-6,15H2,1H3. The third-order valence-electron chi connectivity index (χ3n) is 3.05. The summed E-state index contributed by atoms with van der Waals surface area (Å²) in [5.74, 6) is 0.598. The molecular formula is C13H14FN3O2. The molecule has 1 aromatic carbocycles. The number of aryl methyl sites for hydroxylation is 1. The molecule has 2 aromatic rings. The Morgan fingerprint density at radius 2 is 2.11 bits per heavy atom. The Kier molecular flexibility index (Phi) is 2.77. The van der Waals surface area contributed by atoms with Crippen LogP contribution in [-0.4, -0.2) is 23.0 Å². The minimum Gasteiger partial charge on any atom is -0.489 e. The first-order valence-electron chi connectivity index (χ1n) is 6.05. The second-order valence-electron chi connectivity index (χ2n) is 4.38. The maximum absolute atomic E-state index is 14.5. The third-order valence-corrected chi connectivity index (χ3v) is 3.05. The van der Waals surface area contributed by atoms with E-state index in [4.69, 9.17) is 15.2 Å². The first-order valence-corrected chi connectivity index (χ1v) is 6.05. The number of nitrogens with two attached hydrogens (primary N) is 1. The van der Waals surface area contributed by atoms with Crippen molar-refractivity contribution in [3.8, 4) is 22.8 Å². The molecule has 0 saturated heterocycles. The van der Waals surface area contributed by atoms with E-state index in [1.54, 1.807) is 25.2 Å². The highest BCUT2D eigenvalue weighted by molar-refractivity contribution is 5.67. The quantitative estimate of drug-likeness (QED) is 0.854. The normalized spacial score (nSPS) is 14.2. The number of fused-ring (bicyclic) bond motifs is 1. The van der Waals surface area contributed by atoms with Gasteiger partial charge in [-0.05, 0) is 12.1 Å². The first-order chi connectivity index (χ1) is 9.16. The number of anilines is 1. The van der Waals surface area contributed by atoms with Crippen LogP contribution in [0.5, 0.6) is 11.5 Å². The summed E-state index contributed by atoms with van der Waals surface area (Å²) in [5, 5.41) is 4.17. The van der Waals surface area contributed by atoms with Gasteiger partial charge in [-0.2, -0.15) is 5.10 Å². The number of hydrogen-bond donors (Lipinski definition) is 1. The minimum absolute atomic E-state index is 0.152. The van der Waals surface area contributed by atoms with Gasteiger partial charge in [0.05, 0.1) is 18.9 Å². The van der Waals surface area contributed by atoms with E-state index in [9.17, 15) is 4.39 Å². The van der Waals surface area contributed by atoms with Gasteiger partial charge >= 0.3 is 0 Å². The van der Waals surface area contributed by atoms with Gasteiger partial charge in [0, 0.05) is 25.1 Å². The summed E-state index contributed by atoms with van der Waals surface area (Å²) in [6.07, 6.45) is 0.736. The maximum atomic E-state index is 14.5. The molecule has 19 heavy (non-hydrogen) atoms.